The van der Waals surface area contributed by atoms with Crippen LogP contribution >= 0.6 is 22.9 Å². The third kappa shape index (κ3) is 2.65. The van der Waals surface area contributed by atoms with E-state index in [1.807, 2.05) is 12.1 Å². The topological polar surface area (TPSA) is 42.9 Å². The van der Waals surface area contributed by atoms with Gasteiger partial charge in [0.05, 0.1) is 10.9 Å². The van der Waals surface area contributed by atoms with E-state index >= 15 is 0 Å². The summed E-state index contributed by atoms with van der Waals surface area (Å²) in [5, 5.41) is 2.67. The van der Waals surface area contributed by atoms with Crippen molar-refractivity contribution < 1.29 is 4.79 Å². The fourth-order valence-electron chi connectivity index (χ4n) is 1.26. The van der Waals surface area contributed by atoms with Crippen molar-refractivity contribution in [1.29, 1.82) is 0 Å². The maximum Gasteiger partial charge on any atom is 0.196 e. The molecule has 0 saturated carbocycles. The van der Waals surface area contributed by atoms with E-state index in [1.54, 1.807) is 17.8 Å². The molecule has 0 fully saturated rings. The van der Waals surface area contributed by atoms with Crippen LogP contribution in [-0.2, 0) is 6.42 Å². The first-order valence-corrected chi connectivity index (χ1v) is 6.13. The number of alkyl halides is 1. The van der Waals surface area contributed by atoms with Crippen molar-refractivity contribution in [2.75, 3.05) is 5.88 Å². The molecule has 0 saturated heterocycles. The van der Waals surface area contributed by atoms with Gasteiger partial charge in [0.2, 0.25) is 0 Å². The highest BCUT2D eigenvalue weighted by Crippen LogP contribution is 2.15. The minimum absolute atomic E-state index is 0.0154. The molecule has 0 bridgehead atoms. The van der Waals surface area contributed by atoms with Gasteiger partial charge >= 0.3 is 0 Å². The van der Waals surface area contributed by atoms with E-state index in [9.17, 15) is 4.79 Å². The summed E-state index contributed by atoms with van der Waals surface area (Å²) in [4.78, 5) is 19.5. The lowest BCUT2D eigenvalue weighted by atomic mass is 10.2. The highest BCUT2D eigenvalue weighted by atomic mass is 35.5. The Balaban J connectivity index is 2.12. The number of halogens is 1. The predicted octanol–water partition coefficient (Wildman–Crippen LogP) is 2.55. The molecule has 0 aromatic carbocycles. The molecule has 2 heterocycles. The molecular formula is C11H9ClN2OS. The number of hydrogen-bond acceptors (Lipinski definition) is 4. The van der Waals surface area contributed by atoms with E-state index < -0.39 is 0 Å². The maximum atomic E-state index is 11.3. The van der Waals surface area contributed by atoms with Crippen LogP contribution in [0.25, 0.3) is 0 Å². The summed E-state index contributed by atoms with van der Waals surface area (Å²) < 4.78 is 0. The van der Waals surface area contributed by atoms with Crippen LogP contribution in [0.4, 0.5) is 0 Å². The van der Waals surface area contributed by atoms with Gasteiger partial charge in [-0.2, -0.15) is 0 Å². The summed E-state index contributed by atoms with van der Waals surface area (Å²) in [6.45, 7) is 0. The number of aromatic nitrogens is 2. The van der Waals surface area contributed by atoms with E-state index in [0.717, 1.165) is 17.0 Å². The Hall–Kier alpha value is -1.26. The Bertz CT molecular complexity index is 484. The van der Waals surface area contributed by atoms with Gasteiger partial charge in [0, 0.05) is 24.2 Å². The number of rotatable bonds is 4. The Labute approximate surface area is 102 Å². The summed E-state index contributed by atoms with van der Waals surface area (Å²) in [6.07, 6.45) is 4.21. The molecule has 0 spiro atoms. The number of hydrogen-bond donors (Lipinski definition) is 0. The van der Waals surface area contributed by atoms with Crippen LogP contribution in [0.3, 0.4) is 0 Å². The number of ketones is 1. The first-order valence-electron chi connectivity index (χ1n) is 4.72. The van der Waals surface area contributed by atoms with Gasteiger partial charge in [-0.3, -0.25) is 9.78 Å². The second-order valence-electron chi connectivity index (χ2n) is 3.22. The summed E-state index contributed by atoms with van der Waals surface area (Å²) in [7, 11) is 0. The summed E-state index contributed by atoms with van der Waals surface area (Å²) in [5.41, 5.74) is 1.60. The Morgan fingerprint density at radius 3 is 2.81 bits per heavy atom. The van der Waals surface area contributed by atoms with E-state index in [0.29, 0.717) is 5.69 Å². The molecule has 3 nitrogen and oxygen atoms in total. The van der Waals surface area contributed by atoms with Crippen molar-refractivity contribution in [3.63, 3.8) is 0 Å². The molecule has 0 atom stereocenters. The number of nitrogens with zero attached hydrogens (tertiary/aromatic N) is 2. The molecule has 2 aromatic heterocycles. The quantitative estimate of drug-likeness (QED) is 0.620. The van der Waals surface area contributed by atoms with Crippen molar-refractivity contribution in [2.24, 2.45) is 0 Å². The number of carbonyl (C=O) groups is 1. The summed E-state index contributed by atoms with van der Waals surface area (Å²) in [5.74, 6) is -0.141. The molecule has 0 aliphatic heterocycles. The van der Waals surface area contributed by atoms with E-state index in [2.05, 4.69) is 9.97 Å². The Morgan fingerprint density at radius 2 is 2.12 bits per heavy atom. The highest BCUT2D eigenvalue weighted by Gasteiger charge is 2.09. The molecule has 5 heteroatoms. The SMILES string of the molecule is O=C(CCl)c1csc(Cc2ccncc2)n1. The predicted molar refractivity (Wildman–Crippen MR) is 64.2 cm³/mol. The second-order valence-corrected chi connectivity index (χ2v) is 4.43. The van der Waals surface area contributed by atoms with Crippen LogP contribution in [0.1, 0.15) is 21.1 Å². The molecule has 0 amide bonds. The maximum absolute atomic E-state index is 11.3. The van der Waals surface area contributed by atoms with Crippen molar-refractivity contribution in [3.8, 4) is 0 Å². The third-order valence-electron chi connectivity index (χ3n) is 2.06. The molecule has 0 radical (unpaired) electrons. The molecule has 0 aliphatic rings. The van der Waals surface area contributed by atoms with Crippen molar-refractivity contribution >= 4 is 28.7 Å². The first kappa shape index (κ1) is 11.2. The molecule has 16 heavy (non-hydrogen) atoms. The smallest absolute Gasteiger partial charge is 0.196 e. The van der Waals surface area contributed by atoms with E-state index in [4.69, 9.17) is 11.6 Å². The molecule has 0 N–H and O–H groups in total. The highest BCUT2D eigenvalue weighted by molar-refractivity contribution is 7.09. The fourth-order valence-corrected chi connectivity index (χ4v) is 2.23. The van der Waals surface area contributed by atoms with Gasteiger partial charge in [-0.05, 0) is 17.7 Å². The number of pyridine rings is 1. The van der Waals surface area contributed by atoms with Gasteiger partial charge in [0.1, 0.15) is 5.69 Å². The largest absolute Gasteiger partial charge is 0.291 e. The van der Waals surface area contributed by atoms with Gasteiger partial charge in [0.25, 0.3) is 0 Å². The summed E-state index contributed by atoms with van der Waals surface area (Å²) in [6, 6.07) is 3.87. The molecule has 82 valence electrons. The molecular weight excluding hydrogens is 244 g/mol. The zero-order chi connectivity index (χ0) is 11.4. The van der Waals surface area contributed by atoms with Crippen LogP contribution < -0.4 is 0 Å². The minimum atomic E-state index is -0.126. The third-order valence-corrected chi connectivity index (χ3v) is 3.16. The first-order chi connectivity index (χ1) is 7.79. The lowest BCUT2D eigenvalue weighted by Crippen LogP contribution is -2.00. The number of thiazole rings is 1. The Morgan fingerprint density at radius 1 is 1.38 bits per heavy atom. The van der Waals surface area contributed by atoms with E-state index in [1.165, 1.54) is 11.3 Å². The van der Waals surface area contributed by atoms with Gasteiger partial charge < -0.3 is 0 Å². The zero-order valence-electron chi connectivity index (χ0n) is 8.39. The van der Waals surface area contributed by atoms with Crippen LogP contribution in [0, 0.1) is 0 Å². The van der Waals surface area contributed by atoms with Crippen LogP contribution in [-0.4, -0.2) is 21.6 Å². The van der Waals surface area contributed by atoms with Gasteiger partial charge in [-0.25, -0.2) is 4.98 Å². The van der Waals surface area contributed by atoms with Crippen LogP contribution in [0.5, 0.6) is 0 Å². The van der Waals surface area contributed by atoms with Crippen molar-refractivity contribution in [2.45, 2.75) is 6.42 Å². The average Bonchev–Trinajstić information content (AvgIpc) is 2.78. The zero-order valence-corrected chi connectivity index (χ0v) is 9.96. The van der Waals surface area contributed by atoms with Gasteiger partial charge in [-0.15, -0.1) is 22.9 Å². The lowest BCUT2D eigenvalue weighted by Gasteiger charge is -1.95. The fraction of sp³-hybridized carbons (Fsp3) is 0.182. The van der Waals surface area contributed by atoms with E-state index in [-0.39, 0.29) is 11.7 Å². The van der Waals surface area contributed by atoms with Crippen molar-refractivity contribution in [3.05, 3.63) is 46.2 Å². The normalized spacial score (nSPS) is 10.3. The lowest BCUT2D eigenvalue weighted by molar-refractivity contribution is 0.101. The van der Waals surface area contributed by atoms with Gasteiger partial charge in [0.15, 0.2) is 5.78 Å². The molecule has 0 aliphatic carbocycles. The van der Waals surface area contributed by atoms with Crippen LogP contribution in [0.15, 0.2) is 29.9 Å². The molecule has 2 aromatic rings. The minimum Gasteiger partial charge on any atom is -0.291 e. The van der Waals surface area contributed by atoms with Gasteiger partial charge in [-0.1, -0.05) is 0 Å². The summed E-state index contributed by atoms with van der Waals surface area (Å²) >= 11 is 6.94. The van der Waals surface area contributed by atoms with Crippen LogP contribution in [0.2, 0.25) is 0 Å². The van der Waals surface area contributed by atoms with Crippen molar-refractivity contribution in [1.82, 2.24) is 9.97 Å². The standard InChI is InChI=1S/C11H9ClN2OS/c12-6-10(15)9-7-16-11(14-9)5-8-1-3-13-4-2-8/h1-4,7H,5-6H2. The number of Topliss-reactive ketones (excluding diaryl/α,β-unsaturated/α-hetero) is 1. The Kier molecular flexibility index (Phi) is 3.64. The number of carbonyl (C=O) groups excluding carboxylic acids is 1. The second kappa shape index (κ2) is 5.18. The molecule has 2 rings (SSSR count). The molecule has 0 unspecified atom stereocenters. The monoisotopic (exact) mass is 252 g/mol. The average molecular weight is 253 g/mol.